The van der Waals surface area contributed by atoms with E-state index in [9.17, 15) is 0 Å². The molecule has 0 saturated heterocycles. The Labute approximate surface area is 135 Å². The van der Waals surface area contributed by atoms with Gasteiger partial charge >= 0.3 is 0 Å². The number of rotatable bonds is 0. The van der Waals surface area contributed by atoms with E-state index < -0.39 is 7.59 Å². The molecule has 2 aromatic rings. The van der Waals surface area contributed by atoms with E-state index in [0.717, 1.165) is 10.8 Å². The highest BCUT2D eigenvalue weighted by atomic mass is 35.6. The van der Waals surface area contributed by atoms with Crippen LogP contribution in [0.15, 0.2) is 30.3 Å². The van der Waals surface area contributed by atoms with Crippen LogP contribution in [0.1, 0.15) is 11.1 Å². The summed E-state index contributed by atoms with van der Waals surface area (Å²) >= 11 is 35.4. The average Bonchev–Trinajstić information content (AvgIpc) is 2.25. The first-order chi connectivity index (χ1) is 8.19. The van der Waals surface area contributed by atoms with Crippen molar-refractivity contribution in [2.75, 3.05) is 0 Å². The normalized spacial score (nSPS) is 13.0. The molecule has 0 unspecified atom stereocenters. The molecular weight excluding hydrogens is 357 g/mol. The van der Waals surface area contributed by atoms with Crippen LogP contribution >= 0.6 is 69.6 Å². The van der Waals surface area contributed by atoms with Crippen molar-refractivity contribution >= 4 is 80.4 Å². The number of benzene rings is 2. The molecule has 0 fully saturated rings. The predicted octanol–water partition coefficient (Wildman–Crippen LogP) is 6.29. The third-order valence-electron chi connectivity index (χ3n) is 2.38. The molecule has 95 valence electrons. The molecule has 0 N–H and O–H groups in total. The topological polar surface area (TPSA) is 0 Å². The molecule has 0 nitrogen and oxygen atoms in total. The van der Waals surface area contributed by atoms with Crippen LogP contribution in [0.5, 0.6) is 0 Å². The lowest BCUT2D eigenvalue weighted by Gasteiger charge is -2.21. The number of hydrogen-bond donors (Lipinski definition) is 0. The lowest BCUT2D eigenvalue weighted by Crippen LogP contribution is -2.12. The zero-order chi connectivity index (χ0) is 13.6. The van der Waals surface area contributed by atoms with Gasteiger partial charge in [-0.15, -0.1) is 0 Å². The van der Waals surface area contributed by atoms with Crippen molar-refractivity contribution in [3.8, 4) is 0 Å². The standard InChI is InChI=1S/C12H5Cl6/c13-11(14,15)9-5-7-3-1-2-4-8(7)6-10(9)12(16,17)18/h1-5H. The van der Waals surface area contributed by atoms with Gasteiger partial charge in [-0.1, -0.05) is 93.9 Å². The van der Waals surface area contributed by atoms with Gasteiger partial charge in [-0.3, -0.25) is 0 Å². The Balaban J connectivity index is 2.81. The highest BCUT2D eigenvalue weighted by Gasteiger charge is 2.35. The largest absolute Gasteiger partial charge is 0.217 e. The summed E-state index contributed by atoms with van der Waals surface area (Å²) in [6, 6.07) is 12.1. The maximum absolute atomic E-state index is 5.91. The van der Waals surface area contributed by atoms with Gasteiger partial charge in [0.2, 0.25) is 7.59 Å². The summed E-state index contributed by atoms with van der Waals surface area (Å²) in [5, 5.41) is 1.65. The van der Waals surface area contributed by atoms with E-state index in [0.29, 0.717) is 5.56 Å². The fourth-order valence-electron chi connectivity index (χ4n) is 1.61. The van der Waals surface area contributed by atoms with E-state index in [1.165, 1.54) is 0 Å². The molecule has 2 rings (SSSR count). The van der Waals surface area contributed by atoms with E-state index >= 15 is 0 Å². The van der Waals surface area contributed by atoms with Gasteiger partial charge in [0.25, 0.3) is 0 Å². The summed E-state index contributed by atoms with van der Waals surface area (Å²) in [6.45, 7) is 0. The minimum absolute atomic E-state index is 0.242. The fourth-order valence-corrected chi connectivity index (χ4v) is 2.51. The maximum atomic E-state index is 5.91. The van der Waals surface area contributed by atoms with Crippen LogP contribution in [0.25, 0.3) is 10.8 Å². The van der Waals surface area contributed by atoms with Crippen molar-refractivity contribution in [3.05, 3.63) is 47.5 Å². The third kappa shape index (κ3) is 3.12. The Morgan fingerprint density at radius 2 is 1.44 bits per heavy atom. The van der Waals surface area contributed by atoms with Gasteiger partial charge in [0.05, 0.1) is 0 Å². The fraction of sp³-hybridized carbons (Fsp3) is 0.167. The highest BCUT2D eigenvalue weighted by molar-refractivity contribution is 6.69. The molecule has 0 heterocycles. The molecule has 18 heavy (non-hydrogen) atoms. The maximum Gasteiger partial charge on any atom is 0.217 e. The average molecular weight is 362 g/mol. The zero-order valence-electron chi connectivity index (χ0n) is 8.65. The first-order valence-electron chi connectivity index (χ1n) is 4.79. The second-order valence-electron chi connectivity index (χ2n) is 3.64. The summed E-state index contributed by atoms with van der Waals surface area (Å²) in [4.78, 5) is 0. The molecule has 0 amide bonds. The molecule has 0 aliphatic heterocycles. The first-order valence-corrected chi connectivity index (χ1v) is 7.06. The molecule has 0 atom stereocenters. The minimum Gasteiger partial charge on any atom is -0.0784 e. The van der Waals surface area contributed by atoms with Crippen LogP contribution in [0, 0.1) is 6.07 Å². The van der Waals surface area contributed by atoms with Crippen LogP contribution in [0.3, 0.4) is 0 Å². The van der Waals surface area contributed by atoms with Gasteiger partial charge in [0.15, 0.2) is 0 Å². The molecule has 0 bridgehead atoms. The van der Waals surface area contributed by atoms with Crippen LogP contribution in [0.4, 0.5) is 0 Å². The van der Waals surface area contributed by atoms with E-state index in [1.807, 2.05) is 24.3 Å². The van der Waals surface area contributed by atoms with Gasteiger partial charge in [0, 0.05) is 11.1 Å². The van der Waals surface area contributed by atoms with E-state index in [-0.39, 0.29) is 5.56 Å². The van der Waals surface area contributed by atoms with E-state index in [1.54, 1.807) is 6.07 Å². The lowest BCUT2D eigenvalue weighted by molar-refractivity contribution is 1.12. The Kier molecular flexibility index (Phi) is 4.19. The third-order valence-corrected chi connectivity index (χ3v) is 3.56. The van der Waals surface area contributed by atoms with E-state index in [4.69, 9.17) is 69.6 Å². The van der Waals surface area contributed by atoms with Crippen molar-refractivity contribution in [3.63, 3.8) is 0 Å². The van der Waals surface area contributed by atoms with Crippen LogP contribution in [0.2, 0.25) is 0 Å². The molecular formula is C12H5Cl6. The van der Waals surface area contributed by atoms with Crippen LogP contribution < -0.4 is 0 Å². The Morgan fingerprint density at radius 3 is 2.00 bits per heavy atom. The summed E-state index contributed by atoms with van der Waals surface area (Å²) < 4.78 is -3.39. The minimum atomic E-state index is -1.71. The second kappa shape index (κ2) is 5.09. The van der Waals surface area contributed by atoms with Gasteiger partial charge in [0.1, 0.15) is 0 Å². The smallest absolute Gasteiger partial charge is 0.0784 e. The second-order valence-corrected chi connectivity index (χ2v) is 8.20. The molecule has 0 aliphatic carbocycles. The van der Waals surface area contributed by atoms with Crippen LogP contribution in [-0.4, -0.2) is 0 Å². The van der Waals surface area contributed by atoms with Crippen molar-refractivity contribution in [1.29, 1.82) is 0 Å². The highest BCUT2D eigenvalue weighted by Crippen LogP contribution is 2.48. The summed E-state index contributed by atoms with van der Waals surface area (Å²) in [5.74, 6) is 0. The summed E-state index contributed by atoms with van der Waals surface area (Å²) in [5.41, 5.74) is 0.553. The molecule has 1 radical (unpaired) electrons. The Morgan fingerprint density at radius 1 is 0.833 bits per heavy atom. The van der Waals surface area contributed by atoms with E-state index in [2.05, 4.69) is 6.07 Å². The van der Waals surface area contributed by atoms with Crippen molar-refractivity contribution in [2.24, 2.45) is 0 Å². The van der Waals surface area contributed by atoms with Crippen molar-refractivity contribution in [2.45, 2.75) is 7.59 Å². The molecule has 0 aromatic heterocycles. The lowest BCUT2D eigenvalue weighted by atomic mass is 10.0. The molecule has 2 aromatic carbocycles. The number of hydrogen-bond acceptors (Lipinski definition) is 0. The SMILES string of the molecule is ClC(Cl)(Cl)c1[c]c2ccccc2cc1C(Cl)(Cl)Cl. The van der Waals surface area contributed by atoms with Gasteiger partial charge in [-0.25, -0.2) is 0 Å². The summed E-state index contributed by atoms with van der Waals surface area (Å²) in [6.07, 6.45) is 0. The first kappa shape index (κ1) is 14.8. The van der Waals surface area contributed by atoms with Gasteiger partial charge < -0.3 is 0 Å². The zero-order valence-corrected chi connectivity index (χ0v) is 13.2. The molecule has 0 spiro atoms. The van der Waals surface area contributed by atoms with Crippen molar-refractivity contribution in [1.82, 2.24) is 0 Å². The van der Waals surface area contributed by atoms with Crippen LogP contribution in [-0.2, 0) is 7.59 Å². The summed E-state index contributed by atoms with van der Waals surface area (Å²) in [7, 11) is 0. The predicted molar refractivity (Wildman–Crippen MR) is 81.3 cm³/mol. The Hall–Kier alpha value is 0.440. The Bertz CT molecular complexity index is 527. The number of halogens is 6. The van der Waals surface area contributed by atoms with Gasteiger partial charge in [-0.05, 0) is 22.9 Å². The van der Waals surface area contributed by atoms with Crippen molar-refractivity contribution < 1.29 is 0 Å². The quantitative estimate of drug-likeness (QED) is 0.483. The molecule has 6 heteroatoms. The molecule has 0 aliphatic rings. The number of alkyl halides is 6. The molecule has 0 saturated carbocycles. The number of fused-ring (bicyclic) bond motifs is 1. The monoisotopic (exact) mass is 359 g/mol. The van der Waals surface area contributed by atoms with Gasteiger partial charge in [-0.2, -0.15) is 0 Å².